The number of fused-ring (bicyclic) bond motifs is 3. The quantitative estimate of drug-likeness (QED) is 0.506. The van der Waals surface area contributed by atoms with Crippen LogP contribution in [-0.2, 0) is 22.7 Å². The van der Waals surface area contributed by atoms with Gasteiger partial charge in [-0.3, -0.25) is 9.59 Å². The highest BCUT2D eigenvalue weighted by Crippen LogP contribution is 2.28. The third-order valence-corrected chi connectivity index (χ3v) is 5.36. The molecule has 0 spiro atoms. The average molecular weight is 399 g/mol. The Morgan fingerprint density at radius 3 is 1.97 bits per heavy atom. The van der Waals surface area contributed by atoms with Gasteiger partial charge in [-0.15, -0.1) is 0 Å². The van der Waals surface area contributed by atoms with E-state index >= 15 is 0 Å². The Morgan fingerprint density at radius 2 is 1.43 bits per heavy atom. The van der Waals surface area contributed by atoms with Crippen molar-refractivity contribution >= 4 is 39.3 Å². The Labute approximate surface area is 175 Å². The lowest BCUT2D eigenvalue weighted by atomic mass is 10.2. The smallest absolute Gasteiger partial charge is 0.242 e. The molecule has 0 unspecified atom stereocenters. The van der Waals surface area contributed by atoms with E-state index in [2.05, 4.69) is 34.1 Å². The fourth-order valence-electron chi connectivity index (χ4n) is 3.90. The van der Waals surface area contributed by atoms with E-state index in [4.69, 9.17) is 0 Å². The number of carbonyl (C=O) groups is 2. The maximum atomic E-state index is 13.2. The molecule has 1 N–H and O–H groups in total. The third kappa shape index (κ3) is 3.92. The molecule has 1 aromatic heterocycles. The van der Waals surface area contributed by atoms with E-state index in [1.54, 1.807) is 0 Å². The van der Waals surface area contributed by atoms with Gasteiger partial charge in [0.25, 0.3) is 0 Å². The van der Waals surface area contributed by atoms with Gasteiger partial charge in [-0.2, -0.15) is 0 Å². The van der Waals surface area contributed by atoms with Crippen LogP contribution in [0.1, 0.15) is 19.4 Å². The standard InChI is InChI=1S/C25H25N3O2/c1-3-27(16-19-12-14-20(15-13-19)26-18(2)29)25(30)17-28-23-10-6-4-8-21(23)22-9-5-7-11-24(22)28/h4-15H,3,16-17H2,1-2H3,(H,26,29). The van der Waals surface area contributed by atoms with Gasteiger partial charge in [-0.1, -0.05) is 48.5 Å². The van der Waals surface area contributed by atoms with Crippen molar-refractivity contribution in [2.24, 2.45) is 0 Å². The Bertz CT molecular complexity index is 1160. The molecule has 0 saturated heterocycles. The first-order valence-corrected chi connectivity index (χ1v) is 10.2. The molecular formula is C25H25N3O2. The maximum absolute atomic E-state index is 13.2. The zero-order valence-corrected chi connectivity index (χ0v) is 17.3. The van der Waals surface area contributed by atoms with Gasteiger partial charge in [0.2, 0.25) is 11.8 Å². The number of hydrogen-bond donors (Lipinski definition) is 1. The second kappa shape index (κ2) is 8.41. The second-order valence-corrected chi connectivity index (χ2v) is 7.41. The van der Waals surface area contributed by atoms with Crippen molar-refractivity contribution in [1.82, 2.24) is 9.47 Å². The number of rotatable bonds is 6. The van der Waals surface area contributed by atoms with Gasteiger partial charge < -0.3 is 14.8 Å². The van der Waals surface area contributed by atoms with Crippen LogP contribution in [0.3, 0.4) is 0 Å². The number of nitrogens with one attached hydrogen (secondary N) is 1. The average Bonchev–Trinajstić information content (AvgIpc) is 3.07. The van der Waals surface area contributed by atoms with Crippen LogP contribution < -0.4 is 5.32 Å². The Hall–Kier alpha value is -3.60. The van der Waals surface area contributed by atoms with Crippen molar-refractivity contribution in [2.75, 3.05) is 11.9 Å². The van der Waals surface area contributed by atoms with E-state index in [1.807, 2.05) is 60.4 Å². The van der Waals surface area contributed by atoms with E-state index in [0.717, 1.165) is 33.1 Å². The van der Waals surface area contributed by atoms with Gasteiger partial charge >= 0.3 is 0 Å². The summed E-state index contributed by atoms with van der Waals surface area (Å²) in [4.78, 5) is 26.2. The van der Waals surface area contributed by atoms with Crippen LogP contribution in [0.15, 0.2) is 72.8 Å². The Kier molecular flexibility index (Phi) is 5.53. The minimum absolute atomic E-state index is 0.0787. The van der Waals surface area contributed by atoms with Gasteiger partial charge in [-0.05, 0) is 36.8 Å². The van der Waals surface area contributed by atoms with Crippen molar-refractivity contribution in [3.8, 4) is 0 Å². The molecule has 0 radical (unpaired) electrons. The summed E-state index contributed by atoms with van der Waals surface area (Å²) < 4.78 is 2.11. The summed E-state index contributed by atoms with van der Waals surface area (Å²) in [6, 6.07) is 24.0. The van der Waals surface area contributed by atoms with Gasteiger partial charge in [0.15, 0.2) is 0 Å². The lowest BCUT2D eigenvalue weighted by Crippen LogP contribution is -2.33. The molecule has 0 fully saturated rings. The van der Waals surface area contributed by atoms with Crippen LogP contribution in [0.2, 0.25) is 0 Å². The highest BCUT2D eigenvalue weighted by Gasteiger charge is 2.17. The number of aromatic nitrogens is 1. The molecule has 0 aliphatic rings. The summed E-state index contributed by atoms with van der Waals surface area (Å²) in [5.74, 6) is -0.0192. The summed E-state index contributed by atoms with van der Waals surface area (Å²) in [6.07, 6.45) is 0. The van der Waals surface area contributed by atoms with E-state index in [9.17, 15) is 9.59 Å². The molecule has 30 heavy (non-hydrogen) atoms. The topological polar surface area (TPSA) is 54.3 Å². The maximum Gasteiger partial charge on any atom is 0.242 e. The summed E-state index contributed by atoms with van der Waals surface area (Å²) in [5.41, 5.74) is 3.93. The lowest BCUT2D eigenvalue weighted by Gasteiger charge is -2.22. The Balaban J connectivity index is 1.57. The molecule has 5 nitrogen and oxygen atoms in total. The highest BCUT2D eigenvalue weighted by atomic mass is 16.2. The number of benzene rings is 3. The fourth-order valence-corrected chi connectivity index (χ4v) is 3.90. The molecule has 4 rings (SSSR count). The summed E-state index contributed by atoms with van der Waals surface area (Å²) in [7, 11) is 0. The molecule has 0 saturated carbocycles. The van der Waals surface area contributed by atoms with Gasteiger partial charge in [-0.25, -0.2) is 0 Å². The molecule has 0 bridgehead atoms. The predicted octanol–water partition coefficient (Wildman–Crippen LogP) is 4.80. The zero-order chi connectivity index (χ0) is 21.1. The molecule has 1 heterocycles. The van der Waals surface area contributed by atoms with E-state index in [1.165, 1.54) is 6.92 Å². The van der Waals surface area contributed by atoms with Gasteiger partial charge in [0, 0.05) is 47.5 Å². The Morgan fingerprint density at radius 1 is 0.867 bits per heavy atom. The van der Waals surface area contributed by atoms with Crippen LogP contribution in [0.5, 0.6) is 0 Å². The third-order valence-electron chi connectivity index (χ3n) is 5.36. The first kappa shape index (κ1) is 19.7. The number of anilines is 1. The molecule has 0 aliphatic heterocycles. The van der Waals surface area contributed by atoms with Crippen LogP contribution in [0.4, 0.5) is 5.69 Å². The molecule has 5 heteroatoms. The normalized spacial score (nSPS) is 11.0. The molecule has 152 valence electrons. The minimum atomic E-state index is -0.0979. The van der Waals surface area contributed by atoms with E-state index in [-0.39, 0.29) is 11.8 Å². The first-order chi connectivity index (χ1) is 14.6. The van der Waals surface area contributed by atoms with Crippen molar-refractivity contribution in [2.45, 2.75) is 26.9 Å². The SMILES string of the molecule is CCN(Cc1ccc(NC(C)=O)cc1)C(=O)Cn1c2ccccc2c2ccccc21. The number of nitrogens with zero attached hydrogens (tertiary/aromatic N) is 2. The van der Waals surface area contributed by atoms with Crippen LogP contribution in [0, 0.1) is 0 Å². The number of para-hydroxylation sites is 2. The summed E-state index contributed by atoms with van der Waals surface area (Å²) >= 11 is 0. The second-order valence-electron chi connectivity index (χ2n) is 7.41. The molecule has 0 aliphatic carbocycles. The van der Waals surface area contributed by atoms with E-state index in [0.29, 0.717) is 19.6 Å². The fraction of sp³-hybridized carbons (Fsp3) is 0.200. The monoisotopic (exact) mass is 399 g/mol. The number of carbonyl (C=O) groups excluding carboxylic acids is 2. The molecule has 3 aromatic carbocycles. The summed E-state index contributed by atoms with van der Waals surface area (Å²) in [5, 5.41) is 5.09. The number of likely N-dealkylation sites (N-methyl/N-ethyl adjacent to an activating group) is 1. The van der Waals surface area contributed by atoms with Crippen molar-refractivity contribution < 1.29 is 9.59 Å². The lowest BCUT2D eigenvalue weighted by molar-refractivity contribution is -0.132. The van der Waals surface area contributed by atoms with Crippen molar-refractivity contribution in [1.29, 1.82) is 0 Å². The molecule has 0 atom stereocenters. The van der Waals surface area contributed by atoms with Gasteiger partial charge in [0.05, 0.1) is 0 Å². The largest absolute Gasteiger partial charge is 0.337 e. The zero-order valence-electron chi connectivity index (χ0n) is 17.3. The molecular weight excluding hydrogens is 374 g/mol. The van der Waals surface area contributed by atoms with Crippen molar-refractivity contribution in [3.63, 3.8) is 0 Å². The predicted molar refractivity (Wildman–Crippen MR) is 121 cm³/mol. The van der Waals surface area contributed by atoms with Gasteiger partial charge in [0.1, 0.15) is 6.54 Å². The van der Waals surface area contributed by atoms with Crippen LogP contribution >= 0.6 is 0 Å². The molecule has 4 aromatic rings. The first-order valence-electron chi connectivity index (χ1n) is 10.2. The minimum Gasteiger partial charge on any atom is -0.337 e. The van der Waals surface area contributed by atoms with Crippen LogP contribution in [-0.4, -0.2) is 27.8 Å². The van der Waals surface area contributed by atoms with Crippen LogP contribution in [0.25, 0.3) is 21.8 Å². The van der Waals surface area contributed by atoms with E-state index < -0.39 is 0 Å². The number of hydrogen-bond acceptors (Lipinski definition) is 2. The summed E-state index contributed by atoms with van der Waals surface area (Å²) in [6.45, 7) is 4.94. The highest BCUT2D eigenvalue weighted by molar-refractivity contribution is 6.08. The van der Waals surface area contributed by atoms with Crippen molar-refractivity contribution in [3.05, 3.63) is 78.4 Å². The molecule has 2 amide bonds. The number of amides is 2.